The predicted molar refractivity (Wildman–Crippen MR) is 87.0 cm³/mol. The molecule has 0 fully saturated rings. The Morgan fingerprint density at radius 1 is 1.09 bits per heavy atom. The average molecular weight is 308 g/mol. The highest BCUT2D eigenvalue weighted by atomic mass is 16.6. The summed E-state index contributed by atoms with van der Waals surface area (Å²) in [6, 6.07) is 18.9. The van der Waals surface area contributed by atoms with Gasteiger partial charge in [0.25, 0.3) is 5.91 Å². The molecule has 0 saturated carbocycles. The molecular formula is C18H16N2O3. The molecule has 0 aliphatic carbocycles. The molecule has 0 aliphatic rings. The topological polar surface area (TPSA) is 60.5 Å². The van der Waals surface area contributed by atoms with E-state index in [1.807, 2.05) is 54.6 Å². The van der Waals surface area contributed by atoms with Crippen LogP contribution in [0.3, 0.4) is 0 Å². The third-order valence-corrected chi connectivity index (χ3v) is 3.38. The van der Waals surface area contributed by atoms with Gasteiger partial charge in [-0.3, -0.25) is 9.63 Å². The number of ether oxygens (including phenoxy) is 1. The fourth-order valence-electron chi connectivity index (χ4n) is 2.25. The lowest BCUT2D eigenvalue weighted by molar-refractivity contribution is 0.0229. The molecule has 0 aliphatic heterocycles. The second-order valence-corrected chi connectivity index (χ2v) is 4.94. The number of nitrogens with one attached hydrogen (secondary N) is 1. The molecule has 3 aromatic rings. The number of amides is 1. The van der Waals surface area contributed by atoms with Crippen molar-refractivity contribution in [3.8, 4) is 5.88 Å². The Labute approximate surface area is 133 Å². The fourth-order valence-corrected chi connectivity index (χ4v) is 2.25. The lowest BCUT2D eigenvalue weighted by atomic mass is 10.1. The number of hydrogen-bond donors (Lipinski definition) is 1. The maximum absolute atomic E-state index is 12.2. The zero-order valence-electron chi connectivity index (χ0n) is 12.7. The lowest BCUT2D eigenvalue weighted by Gasteiger charge is -2.09. The molecule has 0 saturated heterocycles. The minimum absolute atomic E-state index is 0.244. The van der Waals surface area contributed by atoms with Crippen LogP contribution in [0.25, 0.3) is 10.8 Å². The van der Waals surface area contributed by atoms with Crippen molar-refractivity contribution >= 4 is 16.7 Å². The number of methoxy groups -OCH3 is 1. The van der Waals surface area contributed by atoms with Crippen LogP contribution in [-0.2, 0) is 11.4 Å². The van der Waals surface area contributed by atoms with E-state index in [0.717, 1.165) is 16.3 Å². The molecule has 1 aromatic heterocycles. The van der Waals surface area contributed by atoms with Gasteiger partial charge < -0.3 is 4.74 Å². The molecule has 1 amide bonds. The van der Waals surface area contributed by atoms with E-state index in [4.69, 9.17) is 9.57 Å². The molecule has 23 heavy (non-hydrogen) atoms. The Bertz CT molecular complexity index is 819. The number of rotatable bonds is 5. The van der Waals surface area contributed by atoms with Crippen LogP contribution in [0.2, 0.25) is 0 Å². The summed E-state index contributed by atoms with van der Waals surface area (Å²) < 4.78 is 5.26. The maximum Gasteiger partial charge on any atom is 0.293 e. The summed E-state index contributed by atoms with van der Waals surface area (Å²) in [5, 5.41) is 1.74. The summed E-state index contributed by atoms with van der Waals surface area (Å²) in [5.74, 6) is 0.00120. The number of carbonyl (C=O) groups excluding carboxylic acids is 1. The van der Waals surface area contributed by atoms with Crippen LogP contribution in [0.15, 0.2) is 60.7 Å². The van der Waals surface area contributed by atoms with E-state index in [-0.39, 0.29) is 12.3 Å². The highest BCUT2D eigenvalue weighted by Crippen LogP contribution is 2.24. The highest BCUT2D eigenvalue weighted by molar-refractivity contribution is 5.97. The number of pyridine rings is 1. The van der Waals surface area contributed by atoms with E-state index >= 15 is 0 Å². The van der Waals surface area contributed by atoms with Crippen molar-refractivity contribution in [2.75, 3.05) is 7.11 Å². The van der Waals surface area contributed by atoms with Gasteiger partial charge in [-0.15, -0.1) is 0 Å². The number of benzene rings is 2. The molecule has 0 radical (unpaired) electrons. The van der Waals surface area contributed by atoms with Crippen molar-refractivity contribution in [3.63, 3.8) is 0 Å². The van der Waals surface area contributed by atoms with Crippen LogP contribution in [0.4, 0.5) is 0 Å². The summed E-state index contributed by atoms with van der Waals surface area (Å²) in [4.78, 5) is 21.7. The number of nitrogens with zero attached hydrogens (tertiary/aromatic N) is 1. The monoisotopic (exact) mass is 308 g/mol. The van der Waals surface area contributed by atoms with Gasteiger partial charge in [0.15, 0.2) is 0 Å². The number of fused-ring (bicyclic) bond motifs is 1. The summed E-state index contributed by atoms with van der Waals surface area (Å²) in [6.45, 7) is 0.289. The van der Waals surface area contributed by atoms with E-state index in [1.165, 1.54) is 7.11 Å². The molecule has 0 atom stereocenters. The van der Waals surface area contributed by atoms with Gasteiger partial charge in [-0.2, -0.15) is 0 Å². The molecule has 1 heterocycles. The zero-order chi connectivity index (χ0) is 16.1. The summed E-state index contributed by atoms with van der Waals surface area (Å²) in [6.07, 6.45) is 0. The van der Waals surface area contributed by atoms with Crippen molar-refractivity contribution < 1.29 is 14.4 Å². The minimum atomic E-state index is -0.412. The second kappa shape index (κ2) is 6.89. The molecular weight excluding hydrogens is 292 g/mol. The molecule has 1 N–H and O–H groups in total. The third kappa shape index (κ3) is 3.46. The Hall–Kier alpha value is -2.92. The largest absolute Gasteiger partial charge is 0.481 e. The first-order chi connectivity index (χ1) is 11.3. The number of carbonyl (C=O) groups is 1. The fraction of sp³-hybridized carbons (Fsp3) is 0.111. The van der Waals surface area contributed by atoms with Crippen molar-refractivity contribution in [2.45, 2.75) is 6.61 Å². The molecule has 116 valence electrons. The smallest absolute Gasteiger partial charge is 0.293 e. The number of hydrogen-bond acceptors (Lipinski definition) is 4. The van der Waals surface area contributed by atoms with E-state index in [1.54, 1.807) is 6.07 Å². The van der Waals surface area contributed by atoms with E-state index in [0.29, 0.717) is 5.88 Å². The third-order valence-electron chi connectivity index (χ3n) is 3.38. The van der Waals surface area contributed by atoms with Crippen LogP contribution >= 0.6 is 0 Å². The first kappa shape index (κ1) is 15.0. The Balaban J connectivity index is 1.73. The summed E-state index contributed by atoms with van der Waals surface area (Å²) >= 11 is 0. The van der Waals surface area contributed by atoms with E-state index < -0.39 is 5.91 Å². The standard InChI is InChI=1S/C18H16N2O3/c1-22-18-15-10-6-5-9-14(15)11-16(19-18)17(21)20-23-12-13-7-3-2-4-8-13/h2-11H,12H2,1H3,(H,20,21). The van der Waals surface area contributed by atoms with Crippen LogP contribution in [0.5, 0.6) is 5.88 Å². The molecule has 5 heteroatoms. The van der Waals surface area contributed by atoms with E-state index in [9.17, 15) is 4.79 Å². The average Bonchev–Trinajstić information content (AvgIpc) is 2.61. The molecule has 0 spiro atoms. The van der Waals surface area contributed by atoms with Crippen LogP contribution in [0, 0.1) is 0 Å². The van der Waals surface area contributed by atoms with Gasteiger partial charge in [-0.1, -0.05) is 48.5 Å². The number of aromatic nitrogens is 1. The Morgan fingerprint density at radius 3 is 2.61 bits per heavy atom. The highest BCUT2D eigenvalue weighted by Gasteiger charge is 2.12. The molecule has 3 rings (SSSR count). The van der Waals surface area contributed by atoms with Crippen LogP contribution in [-0.4, -0.2) is 18.0 Å². The molecule has 0 unspecified atom stereocenters. The van der Waals surface area contributed by atoms with Crippen LogP contribution in [0.1, 0.15) is 16.1 Å². The SMILES string of the molecule is COc1nc(C(=O)NOCc2ccccc2)cc2ccccc12. The first-order valence-electron chi connectivity index (χ1n) is 7.18. The van der Waals surface area contributed by atoms with Crippen molar-refractivity contribution in [2.24, 2.45) is 0 Å². The quantitative estimate of drug-likeness (QED) is 0.736. The zero-order valence-corrected chi connectivity index (χ0v) is 12.7. The minimum Gasteiger partial charge on any atom is -0.481 e. The Morgan fingerprint density at radius 2 is 1.83 bits per heavy atom. The summed E-state index contributed by atoms with van der Waals surface area (Å²) in [7, 11) is 1.53. The van der Waals surface area contributed by atoms with Crippen molar-refractivity contribution in [1.29, 1.82) is 0 Å². The van der Waals surface area contributed by atoms with E-state index in [2.05, 4.69) is 10.5 Å². The first-order valence-corrected chi connectivity index (χ1v) is 7.18. The normalized spacial score (nSPS) is 10.5. The van der Waals surface area contributed by atoms with Crippen molar-refractivity contribution in [1.82, 2.24) is 10.5 Å². The Kier molecular flexibility index (Phi) is 4.49. The van der Waals surface area contributed by atoms with Crippen LogP contribution < -0.4 is 10.2 Å². The summed E-state index contributed by atoms with van der Waals surface area (Å²) in [5.41, 5.74) is 3.62. The molecule has 0 bridgehead atoms. The maximum atomic E-state index is 12.2. The van der Waals surface area contributed by atoms with Gasteiger partial charge in [0.1, 0.15) is 5.69 Å². The van der Waals surface area contributed by atoms with Gasteiger partial charge in [-0.25, -0.2) is 10.5 Å². The lowest BCUT2D eigenvalue weighted by Crippen LogP contribution is -2.24. The van der Waals surface area contributed by atoms with Gasteiger partial charge in [0.2, 0.25) is 5.88 Å². The predicted octanol–water partition coefficient (Wildman–Crippen LogP) is 3.11. The molecule has 2 aromatic carbocycles. The van der Waals surface area contributed by atoms with Gasteiger partial charge in [0.05, 0.1) is 13.7 Å². The second-order valence-electron chi connectivity index (χ2n) is 4.94. The van der Waals surface area contributed by atoms with Gasteiger partial charge in [0, 0.05) is 5.39 Å². The number of hydroxylamine groups is 1. The van der Waals surface area contributed by atoms with Crippen molar-refractivity contribution in [3.05, 3.63) is 71.9 Å². The van der Waals surface area contributed by atoms with Gasteiger partial charge >= 0.3 is 0 Å². The van der Waals surface area contributed by atoms with Gasteiger partial charge in [-0.05, 0) is 23.1 Å². The molecule has 5 nitrogen and oxygen atoms in total.